The first kappa shape index (κ1) is 25.5. The maximum absolute atomic E-state index is 5.81. The zero-order valence-corrected chi connectivity index (χ0v) is 20.1. The van der Waals surface area contributed by atoms with Crippen LogP contribution in [0.4, 0.5) is 0 Å². The number of hydrogen-bond acceptors (Lipinski definition) is 4. The van der Waals surface area contributed by atoms with Gasteiger partial charge in [-0.1, -0.05) is 29.8 Å². The number of ether oxygens (including phenoxy) is 2. The smallest absolute Gasteiger partial charge is 0.191 e. The first-order valence-electron chi connectivity index (χ1n) is 9.54. The molecule has 0 saturated heterocycles. The molecule has 0 amide bonds. The summed E-state index contributed by atoms with van der Waals surface area (Å²) in [6.07, 6.45) is 3.53. The zero-order chi connectivity index (χ0) is 20.0. The van der Waals surface area contributed by atoms with Gasteiger partial charge in [0.2, 0.25) is 0 Å². The average Bonchev–Trinajstić information content (AvgIpc) is 2.72. The molecule has 0 aliphatic carbocycles. The van der Waals surface area contributed by atoms with Crippen molar-refractivity contribution in [3.63, 3.8) is 0 Å². The normalized spacial score (nSPS) is 10.9. The molecule has 0 aliphatic heterocycles. The maximum Gasteiger partial charge on any atom is 0.191 e. The van der Waals surface area contributed by atoms with Gasteiger partial charge in [-0.25, -0.2) is 4.98 Å². The van der Waals surface area contributed by atoms with E-state index in [4.69, 9.17) is 21.1 Å². The molecule has 0 fully saturated rings. The van der Waals surface area contributed by atoms with Crippen molar-refractivity contribution in [2.24, 2.45) is 4.99 Å². The molecule has 6 nitrogen and oxygen atoms in total. The quantitative estimate of drug-likeness (QED) is 0.150. The predicted octanol–water partition coefficient (Wildman–Crippen LogP) is 4.07. The van der Waals surface area contributed by atoms with Gasteiger partial charge in [-0.2, -0.15) is 0 Å². The van der Waals surface area contributed by atoms with E-state index >= 15 is 0 Å². The highest BCUT2D eigenvalue weighted by Gasteiger charge is 1.99. The van der Waals surface area contributed by atoms with Crippen molar-refractivity contribution in [1.29, 1.82) is 0 Å². The fraction of sp³-hybridized carbons (Fsp3) is 0.429. The van der Waals surface area contributed by atoms with E-state index < -0.39 is 0 Å². The van der Waals surface area contributed by atoms with E-state index in [2.05, 4.69) is 27.5 Å². The van der Waals surface area contributed by atoms with E-state index in [0.29, 0.717) is 24.9 Å². The fourth-order valence-electron chi connectivity index (χ4n) is 2.49. The van der Waals surface area contributed by atoms with E-state index in [1.807, 2.05) is 36.4 Å². The van der Waals surface area contributed by atoms with Crippen LogP contribution in [0, 0.1) is 0 Å². The lowest BCUT2D eigenvalue weighted by Gasteiger charge is -2.11. The Bertz CT molecular complexity index is 712. The third kappa shape index (κ3) is 10.7. The molecule has 0 radical (unpaired) electrons. The number of rotatable bonds is 11. The van der Waals surface area contributed by atoms with Gasteiger partial charge in [-0.3, -0.25) is 4.99 Å². The minimum atomic E-state index is 0. The van der Waals surface area contributed by atoms with Gasteiger partial charge in [0, 0.05) is 32.4 Å². The van der Waals surface area contributed by atoms with Crippen molar-refractivity contribution in [1.82, 2.24) is 15.6 Å². The van der Waals surface area contributed by atoms with Crippen LogP contribution in [0.1, 0.15) is 24.5 Å². The Morgan fingerprint density at radius 3 is 2.52 bits per heavy atom. The van der Waals surface area contributed by atoms with Gasteiger partial charge in [0.1, 0.15) is 10.9 Å². The summed E-state index contributed by atoms with van der Waals surface area (Å²) in [6.45, 7) is 5.64. The molecule has 0 bridgehead atoms. The number of pyridine rings is 1. The number of benzene rings is 1. The molecule has 1 heterocycles. The lowest BCUT2D eigenvalue weighted by Crippen LogP contribution is -2.38. The number of nitrogens with zero attached hydrogens (tertiary/aromatic N) is 2. The number of aliphatic imine (C=N–C) groups is 1. The van der Waals surface area contributed by atoms with E-state index in [1.54, 1.807) is 13.3 Å². The van der Waals surface area contributed by atoms with Crippen molar-refractivity contribution in [3.8, 4) is 5.75 Å². The second-order valence-electron chi connectivity index (χ2n) is 6.18. The number of nitrogens with one attached hydrogen (secondary N) is 2. The number of methoxy groups -OCH3 is 1. The SMILES string of the molecule is CCNC(=NCCCOCc1ccc(OC)cc1)NCCc1ccc(Cl)nc1.I. The molecule has 1 aromatic carbocycles. The highest BCUT2D eigenvalue weighted by molar-refractivity contribution is 14.0. The monoisotopic (exact) mass is 532 g/mol. The lowest BCUT2D eigenvalue weighted by atomic mass is 10.2. The highest BCUT2D eigenvalue weighted by Crippen LogP contribution is 2.12. The molecule has 0 aliphatic rings. The summed E-state index contributed by atoms with van der Waals surface area (Å²) in [5.41, 5.74) is 2.27. The predicted molar refractivity (Wildman–Crippen MR) is 130 cm³/mol. The van der Waals surface area contributed by atoms with Gasteiger partial charge in [-0.05, 0) is 49.1 Å². The Morgan fingerprint density at radius 1 is 1.10 bits per heavy atom. The summed E-state index contributed by atoms with van der Waals surface area (Å²) in [7, 11) is 1.66. The molecule has 0 unspecified atom stereocenters. The molecule has 1 aromatic heterocycles. The largest absolute Gasteiger partial charge is 0.497 e. The van der Waals surface area contributed by atoms with Crippen molar-refractivity contribution in [3.05, 3.63) is 58.9 Å². The standard InChI is InChI=1S/C21H29ClN4O2.HI/c1-3-23-21(25-13-11-17-7-10-20(22)26-15-17)24-12-4-14-28-16-18-5-8-19(27-2)9-6-18;/h5-10,15H,3-4,11-14,16H2,1-2H3,(H2,23,24,25);1H. The maximum atomic E-state index is 5.81. The zero-order valence-electron chi connectivity index (χ0n) is 17.0. The van der Waals surface area contributed by atoms with Gasteiger partial charge >= 0.3 is 0 Å². The van der Waals surface area contributed by atoms with Gasteiger partial charge in [0.05, 0.1) is 13.7 Å². The van der Waals surface area contributed by atoms with E-state index in [-0.39, 0.29) is 24.0 Å². The van der Waals surface area contributed by atoms with Crippen molar-refractivity contribution < 1.29 is 9.47 Å². The third-order valence-electron chi connectivity index (χ3n) is 3.98. The molecular formula is C21H30ClIN4O2. The number of halogens is 2. The van der Waals surface area contributed by atoms with Gasteiger partial charge < -0.3 is 20.1 Å². The second-order valence-corrected chi connectivity index (χ2v) is 6.57. The average molecular weight is 533 g/mol. The molecule has 2 rings (SSSR count). The lowest BCUT2D eigenvalue weighted by molar-refractivity contribution is 0.120. The first-order chi connectivity index (χ1) is 13.7. The third-order valence-corrected chi connectivity index (χ3v) is 4.21. The fourth-order valence-corrected chi connectivity index (χ4v) is 2.60. The Balaban J connectivity index is 0.00000420. The van der Waals surface area contributed by atoms with Gasteiger partial charge in [0.25, 0.3) is 0 Å². The minimum Gasteiger partial charge on any atom is -0.497 e. The second kappa shape index (κ2) is 15.3. The molecule has 0 saturated carbocycles. The van der Waals surface area contributed by atoms with Crippen molar-refractivity contribution in [2.75, 3.05) is 33.4 Å². The van der Waals surface area contributed by atoms with Crippen LogP contribution in [-0.4, -0.2) is 44.3 Å². The summed E-state index contributed by atoms with van der Waals surface area (Å²) >= 11 is 5.81. The molecule has 29 heavy (non-hydrogen) atoms. The first-order valence-corrected chi connectivity index (χ1v) is 9.92. The van der Waals surface area contributed by atoms with Crippen LogP contribution >= 0.6 is 35.6 Å². The van der Waals surface area contributed by atoms with Gasteiger partial charge in [0.15, 0.2) is 5.96 Å². The van der Waals surface area contributed by atoms with Gasteiger partial charge in [-0.15, -0.1) is 24.0 Å². The topological polar surface area (TPSA) is 67.8 Å². The molecule has 0 spiro atoms. The van der Waals surface area contributed by atoms with Crippen LogP contribution in [0.5, 0.6) is 5.75 Å². The highest BCUT2D eigenvalue weighted by atomic mass is 127. The Labute approximate surface area is 195 Å². The summed E-state index contributed by atoms with van der Waals surface area (Å²) in [5, 5.41) is 7.11. The van der Waals surface area contributed by atoms with E-state index in [1.165, 1.54) is 0 Å². The number of guanidine groups is 1. The van der Waals surface area contributed by atoms with Crippen LogP contribution in [-0.2, 0) is 17.8 Å². The Hall–Kier alpha value is -1.58. The molecular weight excluding hydrogens is 503 g/mol. The Morgan fingerprint density at radius 2 is 1.86 bits per heavy atom. The summed E-state index contributed by atoms with van der Waals surface area (Å²) in [6, 6.07) is 11.7. The van der Waals surface area contributed by atoms with Crippen molar-refractivity contribution in [2.45, 2.75) is 26.4 Å². The molecule has 2 aromatic rings. The van der Waals surface area contributed by atoms with Crippen LogP contribution in [0.15, 0.2) is 47.6 Å². The van der Waals surface area contributed by atoms with Crippen molar-refractivity contribution >= 4 is 41.5 Å². The summed E-state index contributed by atoms with van der Waals surface area (Å²) < 4.78 is 10.9. The summed E-state index contributed by atoms with van der Waals surface area (Å²) in [4.78, 5) is 8.68. The van der Waals surface area contributed by atoms with E-state index in [9.17, 15) is 0 Å². The molecule has 0 atom stereocenters. The van der Waals surface area contributed by atoms with Crippen LogP contribution < -0.4 is 15.4 Å². The number of hydrogen-bond donors (Lipinski definition) is 2. The summed E-state index contributed by atoms with van der Waals surface area (Å²) in [5.74, 6) is 1.67. The molecule has 8 heteroatoms. The van der Waals surface area contributed by atoms with Crippen LogP contribution in [0.3, 0.4) is 0 Å². The Kier molecular flexibility index (Phi) is 13.4. The van der Waals surface area contributed by atoms with E-state index in [0.717, 1.165) is 48.8 Å². The van der Waals surface area contributed by atoms with Crippen LogP contribution in [0.25, 0.3) is 0 Å². The molecule has 160 valence electrons. The number of aromatic nitrogens is 1. The van der Waals surface area contributed by atoms with Crippen LogP contribution in [0.2, 0.25) is 5.15 Å². The molecule has 2 N–H and O–H groups in total. The minimum absolute atomic E-state index is 0.